The third-order valence-corrected chi connectivity index (χ3v) is 5.29. The lowest BCUT2D eigenvalue weighted by atomic mass is 9.91. The topological polar surface area (TPSA) is 52.0 Å². The van der Waals surface area contributed by atoms with E-state index in [1.807, 2.05) is 80.8 Å². The standard InChI is InChI=1S/C27H29N5.C2H6.H2/c1-3-4-16-23(21-12-7-5-8-13-21)26(25-17-11-19-29-32(25)2)24-18-20-28-27(31-24)30-22-14-9-6-10-15-22;1-2;/h5-20,27,30-31H,3-4H2,1-2H3;1-2H3;1H/b23-16+,26-25+;;. The van der Waals surface area contributed by atoms with E-state index in [0.29, 0.717) is 0 Å². The summed E-state index contributed by atoms with van der Waals surface area (Å²) >= 11 is 0. The molecule has 2 heterocycles. The number of para-hydroxylation sites is 1. The van der Waals surface area contributed by atoms with Gasteiger partial charge in [0, 0.05) is 37.9 Å². The van der Waals surface area contributed by atoms with Crippen molar-refractivity contribution in [2.24, 2.45) is 10.1 Å². The van der Waals surface area contributed by atoms with Crippen LogP contribution in [-0.2, 0) is 0 Å². The van der Waals surface area contributed by atoms with E-state index in [-0.39, 0.29) is 7.72 Å². The number of allylic oxidation sites excluding steroid dienone is 5. The van der Waals surface area contributed by atoms with E-state index in [2.05, 4.69) is 70.1 Å². The van der Waals surface area contributed by atoms with E-state index in [1.165, 1.54) is 11.1 Å². The van der Waals surface area contributed by atoms with Crippen molar-refractivity contribution in [3.63, 3.8) is 0 Å². The fourth-order valence-electron chi connectivity index (χ4n) is 3.74. The summed E-state index contributed by atoms with van der Waals surface area (Å²) in [7, 11) is 1.98. The number of nitrogens with one attached hydrogen (secondary N) is 2. The molecule has 34 heavy (non-hydrogen) atoms. The van der Waals surface area contributed by atoms with Crippen LogP contribution in [0.2, 0.25) is 0 Å². The van der Waals surface area contributed by atoms with Crippen molar-refractivity contribution in [1.82, 2.24) is 10.3 Å². The number of unbranched alkanes of at least 4 members (excludes halogenated alkanes) is 1. The number of rotatable bonds is 7. The molecule has 0 spiro atoms. The molecule has 2 aliphatic rings. The molecule has 0 bridgehead atoms. The van der Waals surface area contributed by atoms with E-state index < -0.39 is 0 Å². The Morgan fingerprint density at radius 2 is 1.76 bits per heavy atom. The molecular weight excluding hydrogens is 418 g/mol. The Hall–Kier alpha value is -3.86. The van der Waals surface area contributed by atoms with Crippen LogP contribution in [-0.4, -0.2) is 30.8 Å². The summed E-state index contributed by atoms with van der Waals surface area (Å²) in [6.45, 7) is 6.20. The molecule has 2 N–H and O–H groups in total. The average Bonchev–Trinajstić information content (AvgIpc) is 2.90. The third-order valence-electron chi connectivity index (χ3n) is 5.29. The highest BCUT2D eigenvalue weighted by molar-refractivity contribution is 5.89. The lowest BCUT2D eigenvalue weighted by Crippen LogP contribution is -2.37. The van der Waals surface area contributed by atoms with Crippen molar-refractivity contribution in [2.75, 3.05) is 12.4 Å². The van der Waals surface area contributed by atoms with E-state index in [1.54, 1.807) is 0 Å². The van der Waals surface area contributed by atoms with Gasteiger partial charge in [-0.05, 0) is 47.9 Å². The maximum Gasteiger partial charge on any atom is 0.194 e. The minimum absolute atomic E-state index is 0. The number of nitrogens with zero attached hydrogens (tertiary/aromatic N) is 3. The summed E-state index contributed by atoms with van der Waals surface area (Å²) in [5.74, 6) is 0. The van der Waals surface area contributed by atoms with Crippen LogP contribution in [0.15, 0.2) is 112 Å². The summed E-state index contributed by atoms with van der Waals surface area (Å²) in [5.41, 5.74) is 6.52. The zero-order chi connectivity index (χ0) is 24.2. The van der Waals surface area contributed by atoms with E-state index >= 15 is 0 Å². The molecule has 0 aromatic heterocycles. The van der Waals surface area contributed by atoms with Crippen LogP contribution < -0.4 is 10.6 Å². The summed E-state index contributed by atoms with van der Waals surface area (Å²) < 4.78 is 0. The van der Waals surface area contributed by atoms with Crippen molar-refractivity contribution in [1.29, 1.82) is 0 Å². The van der Waals surface area contributed by atoms with Crippen LogP contribution in [0.1, 0.15) is 40.6 Å². The van der Waals surface area contributed by atoms with Gasteiger partial charge >= 0.3 is 0 Å². The second-order valence-electron chi connectivity index (χ2n) is 7.62. The molecule has 2 aromatic carbocycles. The Morgan fingerprint density at radius 3 is 2.44 bits per heavy atom. The van der Waals surface area contributed by atoms with Crippen molar-refractivity contribution in [2.45, 2.75) is 39.9 Å². The van der Waals surface area contributed by atoms with Crippen LogP contribution >= 0.6 is 0 Å². The first kappa shape index (κ1) is 24.8. The Bertz CT molecular complexity index is 1100. The second kappa shape index (κ2) is 13.0. The molecule has 0 aliphatic carbocycles. The zero-order valence-corrected chi connectivity index (χ0v) is 20.6. The summed E-state index contributed by atoms with van der Waals surface area (Å²) in [6, 6.07) is 20.7. The lowest BCUT2D eigenvalue weighted by Gasteiger charge is -2.29. The first-order valence-corrected chi connectivity index (χ1v) is 12.0. The molecule has 0 fully saturated rings. The van der Waals surface area contributed by atoms with Gasteiger partial charge in [0.1, 0.15) is 0 Å². The molecule has 178 valence electrons. The van der Waals surface area contributed by atoms with Gasteiger partial charge < -0.3 is 10.6 Å². The van der Waals surface area contributed by atoms with Crippen LogP contribution in [0.5, 0.6) is 0 Å². The summed E-state index contributed by atoms with van der Waals surface area (Å²) in [4.78, 5) is 4.59. The van der Waals surface area contributed by atoms with Crippen molar-refractivity contribution in [3.8, 4) is 0 Å². The van der Waals surface area contributed by atoms with E-state index in [9.17, 15) is 0 Å². The fraction of sp³-hybridized carbons (Fsp3) is 0.241. The van der Waals surface area contributed by atoms with Crippen LogP contribution in [0.4, 0.5) is 5.69 Å². The predicted octanol–water partition coefficient (Wildman–Crippen LogP) is 6.84. The van der Waals surface area contributed by atoms with E-state index in [0.717, 1.165) is 35.5 Å². The first-order valence-electron chi connectivity index (χ1n) is 12.0. The number of hydrazone groups is 1. The van der Waals surface area contributed by atoms with Gasteiger partial charge in [-0.25, -0.2) is 4.99 Å². The normalized spacial score (nSPS) is 18.5. The van der Waals surface area contributed by atoms with Crippen molar-refractivity contribution >= 4 is 23.7 Å². The van der Waals surface area contributed by atoms with Crippen LogP contribution in [0.3, 0.4) is 0 Å². The minimum atomic E-state index is -0.266. The molecule has 1 unspecified atom stereocenters. The Kier molecular flexibility index (Phi) is 9.47. The molecule has 4 rings (SSSR count). The van der Waals surface area contributed by atoms with Gasteiger partial charge in [-0.3, -0.25) is 5.01 Å². The average molecular weight is 456 g/mol. The van der Waals surface area contributed by atoms with Crippen LogP contribution in [0, 0.1) is 0 Å². The van der Waals surface area contributed by atoms with Crippen molar-refractivity contribution in [3.05, 3.63) is 107 Å². The molecule has 2 aromatic rings. The lowest BCUT2D eigenvalue weighted by molar-refractivity contribution is 0.456. The smallest absolute Gasteiger partial charge is 0.194 e. The highest BCUT2D eigenvalue weighted by atomic mass is 15.4. The number of hydrogen-bond acceptors (Lipinski definition) is 5. The quantitative estimate of drug-likeness (QED) is 0.481. The van der Waals surface area contributed by atoms with E-state index in [4.69, 9.17) is 0 Å². The maximum absolute atomic E-state index is 4.59. The van der Waals surface area contributed by atoms with Gasteiger partial charge in [0.2, 0.25) is 0 Å². The Labute approximate surface area is 205 Å². The number of aliphatic imine (C=N–C) groups is 1. The second-order valence-corrected chi connectivity index (χ2v) is 7.62. The zero-order valence-electron chi connectivity index (χ0n) is 20.6. The van der Waals surface area contributed by atoms with Crippen LogP contribution in [0.25, 0.3) is 5.57 Å². The molecule has 1 atom stereocenters. The highest BCUT2D eigenvalue weighted by Crippen LogP contribution is 2.34. The summed E-state index contributed by atoms with van der Waals surface area (Å²) in [6.07, 6.45) is 13.9. The van der Waals surface area contributed by atoms with Gasteiger partial charge in [0.25, 0.3) is 0 Å². The number of anilines is 1. The van der Waals surface area contributed by atoms with Crippen molar-refractivity contribution < 1.29 is 1.43 Å². The molecule has 0 saturated heterocycles. The first-order chi connectivity index (χ1) is 16.8. The SMILES string of the molecule is CC.CCC/C=C(/C(C1=CC=NC(Nc2ccccc2)N1)=C1/C=CC=NN1C)c1ccccc1.[HH]. The molecule has 2 aliphatic heterocycles. The molecule has 0 radical (unpaired) electrons. The third kappa shape index (κ3) is 6.35. The van der Waals surface area contributed by atoms with Gasteiger partial charge in [-0.15, -0.1) is 0 Å². The molecule has 0 saturated carbocycles. The highest BCUT2D eigenvalue weighted by Gasteiger charge is 2.23. The number of hydrogen-bond donors (Lipinski definition) is 2. The maximum atomic E-state index is 4.59. The van der Waals surface area contributed by atoms with Gasteiger partial charge in [0.05, 0.1) is 5.70 Å². The van der Waals surface area contributed by atoms with Gasteiger partial charge in [-0.2, -0.15) is 5.10 Å². The predicted molar refractivity (Wildman–Crippen MR) is 149 cm³/mol. The number of likely N-dealkylation sites (N-methyl/N-ethyl adjacent to an activating group) is 1. The molecular formula is C29H37N5. The fourth-order valence-corrected chi connectivity index (χ4v) is 3.74. The van der Waals surface area contributed by atoms with Gasteiger partial charge in [-0.1, -0.05) is 81.8 Å². The minimum Gasteiger partial charge on any atom is -0.347 e. The number of benzene rings is 2. The van der Waals surface area contributed by atoms with Gasteiger partial charge in [0.15, 0.2) is 6.29 Å². The molecule has 5 heteroatoms. The monoisotopic (exact) mass is 455 g/mol. The Balaban J connectivity index is 0.00000140. The Morgan fingerprint density at radius 1 is 1.06 bits per heavy atom. The molecule has 5 nitrogen and oxygen atoms in total. The molecule has 0 amide bonds. The largest absolute Gasteiger partial charge is 0.347 e. The summed E-state index contributed by atoms with van der Waals surface area (Å²) in [5, 5.41) is 13.5.